The van der Waals surface area contributed by atoms with E-state index in [1.54, 1.807) is 0 Å². The van der Waals surface area contributed by atoms with E-state index in [1.165, 1.54) is 11.1 Å². The van der Waals surface area contributed by atoms with Crippen LogP contribution >= 0.6 is 0 Å². The molecule has 1 N–H and O–H groups in total. The van der Waals surface area contributed by atoms with Crippen LogP contribution in [-0.2, 0) is 17.8 Å². The number of hydrogen-bond acceptors (Lipinski definition) is 3. The van der Waals surface area contributed by atoms with Crippen LogP contribution in [-0.4, -0.2) is 62.7 Å². The largest absolute Gasteiger partial charge is 0.379 e. The van der Waals surface area contributed by atoms with Crippen LogP contribution in [0.1, 0.15) is 18.1 Å². The minimum atomic E-state index is 0.709. The summed E-state index contributed by atoms with van der Waals surface area (Å²) in [5.74, 6) is 0.934. The molecule has 0 aromatic heterocycles. The molecule has 1 saturated heterocycles. The van der Waals surface area contributed by atoms with Gasteiger partial charge in [-0.1, -0.05) is 24.3 Å². The Hall–Kier alpha value is -1.59. The predicted octanol–water partition coefficient (Wildman–Crippen LogP) is 1.55. The average Bonchev–Trinajstić information content (AvgIpc) is 2.53. The molecule has 0 unspecified atom stereocenters. The smallest absolute Gasteiger partial charge is 0.193 e. The number of nitrogens with one attached hydrogen (secondary N) is 1. The summed E-state index contributed by atoms with van der Waals surface area (Å²) in [4.78, 5) is 9.19. The maximum absolute atomic E-state index is 5.42. The molecular weight excluding hydrogens is 276 g/mol. The van der Waals surface area contributed by atoms with Crippen molar-refractivity contribution in [3.63, 3.8) is 0 Å². The third-order valence-corrected chi connectivity index (χ3v) is 3.77. The number of benzene rings is 1. The minimum absolute atomic E-state index is 0.709. The Balaban J connectivity index is 2.05. The highest BCUT2D eigenvalue weighted by Gasteiger charge is 2.12. The summed E-state index contributed by atoms with van der Waals surface area (Å²) in [6, 6.07) is 8.60. The number of hydrogen-bond donors (Lipinski definition) is 1. The molecule has 1 fully saturated rings. The number of guanidine groups is 1. The van der Waals surface area contributed by atoms with E-state index in [0.717, 1.165) is 45.4 Å². The molecule has 122 valence electrons. The number of rotatable bonds is 5. The third kappa shape index (κ3) is 5.00. The van der Waals surface area contributed by atoms with Crippen molar-refractivity contribution in [1.29, 1.82) is 0 Å². The second kappa shape index (κ2) is 8.76. The second-order valence-electron chi connectivity index (χ2n) is 5.72. The van der Waals surface area contributed by atoms with E-state index >= 15 is 0 Å². The molecule has 5 heteroatoms. The summed E-state index contributed by atoms with van der Waals surface area (Å²) in [7, 11) is 4.03. The van der Waals surface area contributed by atoms with Crippen molar-refractivity contribution in [2.75, 3.05) is 46.9 Å². The molecule has 0 radical (unpaired) electrons. The molecular formula is C17H28N4O. The zero-order valence-corrected chi connectivity index (χ0v) is 14.0. The number of ether oxygens (including phenoxy) is 1. The van der Waals surface area contributed by atoms with Crippen molar-refractivity contribution >= 4 is 5.96 Å². The molecule has 0 spiro atoms. The van der Waals surface area contributed by atoms with Gasteiger partial charge in [0.25, 0.3) is 0 Å². The summed E-state index contributed by atoms with van der Waals surface area (Å²) < 4.78 is 5.42. The van der Waals surface area contributed by atoms with Crippen LogP contribution in [0.3, 0.4) is 0 Å². The standard InChI is InChI=1S/C17H28N4O/c1-4-18-17(20(2)3)19-13-15-7-5-6-8-16(15)14-21-9-11-22-12-10-21/h5-8H,4,9-14H2,1-3H3,(H,18,19). The number of morpholine rings is 1. The lowest BCUT2D eigenvalue weighted by atomic mass is 10.1. The van der Waals surface area contributed by atoms with Crippen molar-refractivity contribution in [1.82, 2.24) is 15.1 Å². The quantitative estimate of drug-likeness (QED) is 0.662. The molecule has 1 aromatic rings. The van der Waals surface area contributed by atoms with Gasteiger partial charge in [0.05, 0.1) is 19.8 Å². The summed E-state index contributed by atoms with van der Waals surface area (Å²) >= 11 is 0. The molecule has 0 amide bonds. The second-order valence-corrected chi connectivity index (χ2v) is 5.72. The van der Waals surface area contributed by atoms with Gasteiger partial charge in [-0.25, -0.2) is 4.99 Å². The van der Waals surface area contributed by atoms with E-state index in [1.807, 2.05) is 19.0 Å². The molecule has 2 rings (SSSR count). The topological polar surface area (TPSA) is 40.1 Å². The zero-order valence-electron chi connectivity index (χ0n) is 14.0. The number of aliphatic imine (C=N–C) groups is 1. The lowest BCUT2D eigenvalue weighted by molar-refractivity contribution is 0.0341. The van der Waals surface area contributed by atoms with Crippen LogP contribution in [0.4, 0.5) is 0 Å². The zero-order chi connectivity index (χ0) is 15.8. The van der Waals surface area contributed by atoms with Crippen molar-refractivity contribution in [2.45, 2.75) is 20.0 Å². The third-order valence-electron chi connectivity index (χ3n) is 3.77. The Bertz CT molecular complexity index is 481. The van der Waals surface area contributed by atoms with E-state index in [9.17, 15) is 0 Å². The maximum Gasteiger partial charge on any atom is 0.193 e. The Morgan fingerprint density at radius 2 is 1.91 bits per heavy atom. The first-order chi connectivity index (χ1) is 10.7. The van der Waals surface area contributed by atoms with E-state index in [0.29, 0.717) is 6.54 Å². The van der Waals surface area contributed by atoms with Crippen molar-refractivity contribution < 1.29 is 4.74 Å². The fourth-order valence-corrected chi connectivity index (χ4v) is 2.54. The monoisotopic (exact) mass is 304 g/mol. The van der Waals surface area contributed by atoms with Crippen LogP contribution in [0.15, 0.2) is 29.3 Å². The molecule has 22 heavy (non-hydrogen) atoms. The van der Waals surface area contributed by atoms with Gasteiger partial charge >= 0.3 is 0 Å². The van der Waals surface area contributed by atoms with Crippen LogP contribution < -0.4 is 5.32 Å². The first kappa shape index (κ1) is 16.8. The van der Waals surface area contributed by atoms with E-state index in [-0.39, 0.29) is 0 Å². The lowest BCUT2D eigenvalue weighted by Crippen LogP contribution is -2.36. The van der Waals surface area contributed by atoms with Crippen LogP contribution in [0, 0.1) is 0 Å². The van der Waals surface area contributed by atoms with Crippen LogP contribution in [0.5, 0.6) is 0 Å². The number of nitrogens with zero attached hydrogens (tertiary/aromatic N) is 3. The van der Waals surface area contributed by atoms with Gasteiger partial charge in [0, 0.05) is 40.3 Å². The van der Waals surface area contributed by atoms with Gasteiger partial charge in [0.15, 0.2) is 5.96 Å². The van der Waals surface area contributed by atoms with Crippen molar-refractivity contribution in [3.8, 4) is 0 Å². The fraction of sp³-hybridized carbons (Fsp3) is 0.588. The highest BCUT2D eigenvalue weighted by atomic mass is 16.5. The van der Waals surface area contributed by atoms with Crippen molar-refractivity contribution in [3.05, 3.63) is 35.4 Å². The van der Waals surface area contributed by atoms with Gasteiger partial charge in [-0.05, 0) is 18.1 Å². The Kier molecular flexibility index (Phi) is 6.68. The first-order valence-electron chi connectivity index (χ1n) is 8.03. The van der Waals surface area contributed by atoms with Gasteiger partial charge in [-0.2, -0.15) is 0 Å². The van der Waals surface area contributed by atoms with Crippen LogP contribution in [0.25, 0.3) is 0 Å². The van der Waals surface area contributed by atoms with Gasteiger partial charge in [0.1, 0.15) is 0 Å². The molecule has 0 bridgehead atoms. The Morgan fingerprint density at radius 3 is 2.55 bits per heavy atom. The highest BCUT2D eigenvalue weighted by Crippen LogP contribution is 2.14. The molecule has 0 saturated carbocycles. The first-order valence-corrected chi connectivity index (χ1v) is 8.03. The lowest BCUT2D eigenvalue weighted by Gasteiger charge is -2.27. The normalized spacial score (nSPS) is 16.6. The van der Waals surface area contributed by atoms with Crippen LogP contribution in [0.2, 0.25) is 0 Å². The van der Waals surface area contributed by atoms with Crippen molar-refractivity contribution in [2.24, 2.45) is 4.99 Å². The van der Waals surface area contributed by atoms with E-state index in [4.69, 9.17) is 9.73 Å². The molecule has 0 aliphatic carbocycles. The van der Waals surface area contributed by atoms with Gasteiger partial charge in [-0.15, -0.1) is 0 Å². The SMILES string of the molecule is CCNC(=NCc1ccccc1CN1CCOCC1)N(C)C. The predicted molar refractivity (Wildman–Crippen MR) is 91.0 cm³/mol. The Morgan fingerprint density at radius 1 is 1.23 bits per heavy atom. The molecule has 0 atom stereocenters. The fourth-order valence-electron chi connectivity index (χ4n) is 2.54. The van der Waals surface area contributed by atoms with E-state index < -0.39 is 0 Å². The van der Waals surface area contributed by atoms with Gasteiger partial charge in [0.2, 0.25) is 0 Å². The highest BCUT2D eigenvalue weighted by molar-refractivity contribution is 5.79. The molecule has 1 heterocycles. The Labute approximate surface area is 134 Å². The molecule has 1 aromatic carbocycles. The van der Waals surface area contributed by atoms with Gasteiger partial charge < -0.3 is 15.0 Å². The summed E-state index contributed by atoms with van der Waals surface area (Å²) in [6.07, 6.45) is 0. The minimum Gasteiger partial charge on any atom is -0.379 e. The molecule has 5 nitrogen and oxygen atoms in total. The average molecular weight is 304 g/mol. The molecule has 1 aliphatic rings. The summed E-state index contributed by atoms with van der Waals surface area (Å²) in [6.45, 7) is 8.36. The summed E-state index contributed by atoms with van der Waals surface area (Å²) in [5, 5.41) is 3.30. The van der Waals surface area contributed by atoms with Gasteiger partial charge in [-0.3, -0.25) is 4.90 Å². The maximum atomic E-state index is 5.42. The molecule has 1 aliphatic heterocycles. The summed E-state index contributed by atoms with van der Waals surface area (Å²) in [5.41, 5.74) is 2.66. The van der Waals surface area contributed by atoms with E-state index in [2.05, 4.69) is 41.4 Å².